The van der Waals surface area contributed by atoms with Crippen LogP contribution >= 0.6 is 11.3 Å². The molecule has 0 amide bonds. The lowest BCUT2D eigenvalue weighted by atomic mass is 9.90. The smallest absolute Gasteiger partial charge is 0.160 e. The Balaban J connectivity index is 1.08. The molecule has 0 aliphatic heterocycles. The first kappa shape index (κ1) is 33.7. The van der Waals surface area contributed by atoms with Gasteiger partial charge in [-0.25, -0.2) is 9.97 Å². The van der Waals surface area contributed by atoms with E-state index >= 15 is 0 Å². The van der Waals surface area contributed by atoms with Gasteiger partial charge in [-0.1, -0.05) is 176 Å². The lowest BCUT2D eigenvalue weighted by molar-refractivity contribution is 1.18. The van der Waals surface area contributed by atoms with Crippen molar-refractivity contribution in [2.75, 3.05) is 0 Å². The summed E-state index contributed by atoms with van der Waals surface area (Å²) in [6.45, 7) is 0. The van der Waals surface area contributed by atoms with Gasteiger partial charge in [-0.05, 0) is 96.7 Å². The minimum absolute atomic E-state index is 0.696. The molecule has 9 aromatic carbocycles. The van der Waals surface area contributed by atoms with Gasteiger partial charge in [0.2, 0.25) is 0 Å². The van der Waals surface area contributed by atoms with Crippen LogP contribution in [0.3, 0.4) is 0 Å². The molecule has 0 atom stereocenters. The maximum Gasteiger partial charge on any atom is 0.160 e. The number of fused-ring (bicyclic) bond motifs is 6. The highest BCUT2D eigenvalue weighted by atomic mass is 32.1. The molecule has 1 aliphatic rings. The molecule has 2 nitrogen and oxygen atoms in total. The highest BCUT2D eigenvalue weighted by molar-refractivity contribution is 7.26. The van der Waals surface area contributed by atoms with E-state index in [1.54, 1.807) is 0 Å². The molecule has 0 saturated carbocycles. The Labute approximate surface area is 346 Å². The second-order valence-corrected chi connectivity index (χ2v) is 16.3. The first-order valence-electron chi connectivity index (χ1n) is 20.1. The molecule has 0 N–H and O–H groups in total. The van der Waals surface area contributed by atoms with E-state index in [-0.39, 0.29) is 0 Å². The highest BCUT2D eigenvalue weighted by Crippen LogP contribution is 2.50. The Morgan fingerprint density at radius 2 is 0.814 bits per heavy atom. The van der Waals surface area contributed by atoms with Crippen molar-refractivity contribution in [2.24, 2.45) is 0 Å². The van der Waals surface area contributed by atoms with Crippen molar-refractivity contribution in [3.05, 3.63) is 206 Å². The lowest BCUT2D eigenvalue weighted by Crippen LogP contribution is -1.98. The SMILES string of the molecule is c1ccc(-c2cc(-c3cc(-c4ccccc4-c4ccc5c6c(cccc46)-c4ccccc4-5)nc(-c4ccccc4)n3)cc(-c3cccc4c3sc3ccccc34)c2)cc1. The van der Waals surface area contributed by atoms with E-state index in [2.05, 4.69) is 200 Å². The normalized spacial score (nSPS) is 11.7. The van der Waals surface area contributed by atoms with E-state index in [0.717, 1.165) is 50.3 Å². The van der Waals surface area contributed by atoms with E-state index in [9.17, 15) is 0 Å². The molecular formula is C56H34N2S. The van der Waals surface area contributed by atoms with Crippen molar-refractivity contribution < 1.29 is 0 Å². The van der Waals surface area contributed by atoms with Crippen molar-refractivity contribution in [3.63, 3.8) is 0 Å². The topological polar surface area (TPSA) is 25.8 Å². The van der Waals surface area contributed by atoms with Crippen molar-refractivity contribution >= 4 is 42.3 Å². The van der Waals surface area contributed by atoms with Crippen molar-refractivity contribution in [2.45, 2.75) is 0 Å². The van der Waals surface area contributed by atoms with Crippen molar-refractivity contribution in [1.29, 1.82) is 0 Å². The second-order valence-electron chi connectivity index (χ2n) is 15.3. The van der Waals surface area contributed by atoms with Gasteiger partial charge in [0.15, 0.2) is 5.82 Å². The second kappa shape index (κ2) is 13.6. The minimum Gasteiger partial charge on any atom is -0.228 e. The number of nitrogens with zero attached hydrogens (tertiary/aromatic N) is 2. The summed E-state index contributed by atoms with van der Waals surface area (Å²) < 4.78 is 2.59. The van der Waals surface area contributed by atoms with Crippen LogP contribution in [0.15, 0.2) is 206 Å². The monoisotopic (exact) mass is 766 g/mol. The molecule has 1 aliphatic carbocycles. The highest BCUT2D eigenvalue weighted by Gasteiger charge is 2.24. The molecule has 2 aromatic heterocycles. The van der Waals surface area contributed by atoms with Crippen LogP contribution in [0, 0.1) is 0 Å². The third-order valence-electron chi connectivity index (χ3n) is 11.9. The largest absolute Gasteiger partial charge is 0.228 e. The number of hydrogen-bond acceptors (Lipinski definition) is 3. The Morgan fingerprint density at radius 3 is 1.59 bits per heavy atom. The van der Waals surface area contributed by atoms with E-state index in [0.29, 0.717) is 5.82 Å². The van der Waals surface area contributed by atoms with Crippen molar-refractivity contribution in [1.82, 2.24) is 9.97 Å². The summed E-state index contributed by atoms with van der Waals surface area (Å²) in [4.78, 5) is 10.7. The van der Waals surface area contributed by atoms with Crippen molar-refractivity contribution in [3.8, 4) is 89.5 Å². The number of aromatic nitrogens is 2. The van der Waals surface area contributed by atoms with E-state index in [1.165, 1.54) is 64.3 Å². The quantitative estimate of drug-likeness (QED) is 0.168. The van der Waals surface area contributed by atoms with Crippen LogP contribution in [0.25, 0.3) is 120 Å². The summed E-state index contributed by atoms with van der Waals surface area (Å²) in [6, 6.07) is 74.4. The maximum absolute atomic E-state index is 5.36. The van der Waals surface area contributed by atoms with Gasteiger partial charge in [-0.2, -0.15) is 0 Å². The summed E-state index contributed by atoms with van der Waals surface area (Å²) in [5.74, 6) is 0.696. The summed E-state index contributed by atoms with van der Waals surface area (Å²) >= 11 is 1.86. The summed E-state index contributed by atoms with van der Waals surface area (Å²) in [5.41, 5.74) is 17.1. The molecule has 274 valence electrons. The van der Waals surface area contributed by atoms with Crippen LogP contribution in [0.1, 0.15) is 0 Å². The van der Waals surface area contributed by atoms with E-state index in [1.807, 2.05) is 17.4 Å². The van der Waals surface area contributed by atoms with Crippen LogP contribution in [0.5, 0.6) is 0 Å². The van der Waals surface area contributed by atoms with E-state index in [4.69, 9.17) is 9.97 Å². The molecule has 0 bridgehead atoms. The average Bonchev–Trinajstić information content (AvgIpc) is 3.86. The fourth-order valence-corrected chi connectivity index (χ4v) is 10.4. The molecular weight excluding hydrogens is 733 g/mol. The fraction of sp³-hybridized carbons (Fsp3) is 0. The minimum atomic E-state index is 0.696. The summed E-state index contributed by atoms with van der Waals surface area (Å²) in [5, 5.41) is 5.14. The first-order valence-corrected chi connectivity index (χ1v) is 20.9. The number of rotatable bonds is 6. The average molecular weight is 767 g/mol. The predicted octanol–water partition coefficient (Wildman–Crippen LogP) is 15.6. The van der Waals surface area contributed by atoms with Gasteiger partial charge < -0.3 is 0 Å². The van der Waals surface area contributed by atoms with Gasteiger partial charge in [0, 0.05) is 36.9 Å². The third kappa shape index (κ3) is 5.55. The van der Waals surface area contributed by atoms with Crippen LogP contribution in [-0.2, 0) is 0 Å². The molecule has 2 heterocycles. The lowest BCUT2D eigenvalue weighted by Gasteiger charge is -2.16. The number of benzene rings is 9. The standard InChI is InChI=1S/C56H34N2S/c1-3-15-35(16-4-1)37-31-38(40-24-13-27-50-46-23-11-12-28-53(46)59-55(40)50)33-39(32-37)51-34-52(58-56(57-51)36-17-5-2-6-18-36)45-22-10-9-19-41(45)44-29-30-49-43-21-8-7-20-42(43)47-25-14-26-48(44)54(47)49/h1-34H. The van der Waals surface area contributed by atoms with Gasteiger partial charge in [-0.15, -0.1) is 11.3 Å². The predicted molar refractivity (Wildman–Crippen MR) is 249 cm³/mol. The Kier molecular flexibility index (Phi) is 7.75. The Hall–Kier alpha value is -7.46. The van der Waals surface area contributed by atoms with Gasteiger partial charge in [0.05, 0.1) is 11.4 Å². The first-order chi connectivity index (χ1) is 29.2. The van der Waals surface area contributed by atoms with Crippen LogP contribution in [0.2, 0.25) is 0 Å². The molecule has 3 heteroatoms. The molecule has 11 aromatic rings. The zero-order valence-electron chi connectivity index (χ0n) is 31.9. The van der Waals surface area contributed by atoms with Gasteiger partial charge in [0.1, 0.15) is 0 Å². The number of hydrogen-bond donors (Lipinski definition) is 0. The molecule has 0 fully saturated rings. The molecule has 12 rings (SSSR count). The fourth-order valence-electron chi connectivity index (χ4n) is 9.14. The van der Waals surface area contributed by atoms with Gasteiger partial charge >= 0.3 is 0 Å². The Morgan fingerprint density at radius 1 is 0.288 bits per heavy atom. The summed E-state index contributed by atoms with van der Waals surface area (Å²) in [7, 11) is 0. The molecule has 0 radical (unpaired) electrons. The van der Waals surface area contributed by atoms with E-state index < -0.39 is 0 Å². The Bertz CT molecular complexity index is 3410. The third-order valence-corrected chi connectivity index (χ3v) is 13.1. The van der Waals surface area contributed by atoms with Gasteiger partial charge in [-0.3, -0.25) is 0 Å². The number of thiophene rings is 1. The van der Waals surface area contributed by atoms with Crippen LogP contribution < -0.4 is 0 Å². The molecule has 0 spiro atoms. The zero-order valence-corrected chi connectivity index (χ0v) is 32.7. The zero-order chi connectivity index (χ0) is 38.9. The molecule has 0 unspecified atom stereocenters. The molecule has 59 heavy (non-hydrogen) atoms. The summed E-state index contributed by atoms with van der Waals surface area (Å²) in [6.07, 6.45) is 0. The van der Waals surface area contributed by atoms with Gasteiger partial charge in [0.25, 0.3) is 0 Å². The molecule has 0 saturated heterocycles. The van der Waals surface area contributed by atoms with Crippen LogP contribution in [0.4, 0.5) is 0 Å². The van der Waals surface area contributed by atoms with Crippen LogP contribution in [-0.4, -0.2) is 9.97 Å². The maximum atomic E-state index is 5.36.